The van der Waals surface area contributed by atoms with E-state index in [1.807, 2.05) is 0 Å². The zero-order chi connectivity index (χ0) is 15.0. The van der Waals surface area contributed by atoms with Crippen LogP contribution >= 0.6 is 11.3 Å². The second-order valence-corrected chi connectivity index (χ2v) is 5.51. The van der Waals surface area contributed by atoms with Crippen molar-refractivity contribution in [1.29, 1.82) is 0 Å². The Morgan fingerprint density at radius 1 is 1.14 bits per heavy atom. The minimum absolute atomic E-state index is 0.0353. The summed E-state index contributed by atoms with van der Waals surface area (Å²) in [5.74, 6) is -1.51. The van der Waals surface area contributed by atoms with E-state index in [0.717, 1.165) is 0 Å². The van der Waals surface area contributed by atoms with Crippen LogP contribution in [0.1, 0.15) is 21.3 Å². The van der Waals surface area contributed by atoms with Crippen molar-refractivity contribution >= 4 is 23.0 Å². The summed E-state index contributed by atoms with van der Waals surface area (Å²) >= 11 is 1.25. The van der Waals surface area contributed by atoms with Gasteiger partial charge in [-0.3, -0.25) is 9.59 Å². The van der Waals surface area contributed by atoms with Crippen LogP contribution in [0, 0.1) is 0 Å². The summed E-state index contributed by atoms with van der Waals surface area (Å²) in [4.78, 5) is 24.6. The smallest absolute Gasteiger partial charge is 0.287 e. The van der Waals surface area contributed by atoms with Gasteiger partial charge in [-0.1, -0.05) is 18.2 Å². The van der Waals surface area contributed by atoms with Crippen molar-refractivity contribution in [3.8, 4) is 5.75 Å². The van der Waals surface area contributed by atoms with Crippen molar-refractivity contribution in [2.24, 2.45) is 0 Å². The maximum absolute atomic E-state index is 12.5. The molecule has 21 heavy (non-hydrogen) atoms. The van der Waals surface area contributed by atoms with Crippen LogP contribution in [0.4, 0.5) is 0 Å². The highest BCUT2D eigenvalue weighted by atomic mass is 32.1. The van der Waals surface area contributed by atoms with E-state index in [-0.39, 0.29) is 17.1 Å². The lowest BCUT2D eigenvalue weighted by Crippen LogP contribution is -2.23. The molecular weight excluding hydrogens is 290 g/mol. The van der Waals surface area contributed by atoms with E-state index >= 15 is 0 Å². The van der Waals surface area contributed by atoms with E-state index in [4.69, 9.17) is 0 Å². The van der Waals surface area contributed by atoms with Crippen LogP contribution in [0.25, 0.3) is 0 Å². The maximum Gasteiger partial charge on any atom is 0.287 e. The Bertz CT molecular complexity index is 732. The van der Waals surface area contributed by atoms with E-state index in [1.54, 1.807) is 29.6 Å². The quantitative estimate of drug-likeness (QED) is 0.759. The minimum atomic E-state index is -0.715. The summed E-state index contributed by atoms with van der Waals surface area (Å²) in [5, 5.41) is 23.6. The molecule has 0 radical (unpaired) electrons. The summed E-state index contributed by atoms with van der Waals surface area (Å²) < 4.78 is 0. The number of hydrogen-bond acceptors (Lipinski definition) is 5. The van der Waals surface area contributed by atoms with E-state index in [9.17, 15) is 19.8 Å². The highest BCUT2D eigenvalue weighted by molar-refractivity contribution is 7.12. The lowest BCUT2D eigenvalue weighted by Gasteiger charge is -2.14. The van der Waals surface area contributed by atoms with Gasteiger partial charge in [-0.15, -0.1) is 11.3 Å². The summed E-state index contributed by atoms with van der Waals surface area (Å²) in [6, 6.07) is 8.78. The minimum Gasteiger partial charge on any atom is -0.508 e. The number of ketones is 1. The molecule has 2 heterocycles. The van der Waals surface area contributed by atoms with Gasteiger partial charge >= 0.3 is 0 Å². The molecule has 6 heteroatoms. The van der Waals surface area contributed by atoms with Crippen molar-refractivity contribution in [3.63, 3.8) is 0 Å². The fraction of sp³-hybridized carbons (Fsp3) is 0.0667. The molecule has 106 valence electrons. The second kappa shape index (κ2) is 5.06. The van der Waals surface area contributed by atoms with Crippen molar-refractivity contribution in [2.45, 2.75) is 6.04 Å². The van der Waals surface area contributed by atoms with Gasteiger partial charge in [0.2, 0.25) is 5.78 Å². The van der Waals surface area contributed by atoms with E-state index < -0.39 is 17.7 Å². The topological polar surface area (TPSA) is 86.6 Å². The molecule has 0 fully saturated rings. The fourth-order valence-electron chi connectivity index (χ4n) is 2.23. The number of aliphatic hydroxyl groups is 1. The van der Waals surface area contributed by atoms with Gasteiger partial charge in [-0.2, -0.15) is 0 Å². The molecule has 3 N–H and O–H groups in total. The third-order valence-corrected chi connectivity index (χ3v) is 4.12. The zero-order valence-electron chi connectivity index (χ0n) is 10.7. The third kappa shape index (κ3) is 2.30. The molecule has 5 nitrogen and oxygen atoms in total. The molecule has 2 aromatic rings. The van der Waals surface area contributed by atoms with Gasteiger partial charge < -0.3 is 15.5 Å². The largest absolute Gasteiger partial charge is 0.508 e. The van der Waals surface area contributed by atoms with E-state index in [2.05, 4.69) is 5.32 Å². The number of amides is 1. The van der Waals surface area contributed by atoms with Gasteiger partial charge in [0, 0.05) is 0 Å². The lowest BCUT2D eigenvalue weighted by molar-refractivity contribution is -0.119. The zero-order valence-corrected chi connectivity index (χ0v) is 11.6. The number of aliphatic hydroxyl groups excluding tert-OH is 1. The second-order valence-electron chi connectivity index (χ2n) is 4.57. The molecule has 1 aromatic carbocycles. The van der Waals surface area contributed by atoms with Gasteiger partial charge in [0.15, 0.2) is 5.76 Å². The van der Waals surface area contributed by atoms with Gasteiger partial charge in [-0.05, 0) is 29.1 Å². The Hall–Kier alpha value is -2.60. The first-order valence-electron chi connectivity index (χ1n) is 6.19. The Balaban J connectivity index is 2.03. The van der Waals surface area contributed by atoms with Gasteiger partial charge in [0.05, 0.1) is 16.5 Å². The van der Waals surface area contributed by atoms with Gasteiger partial charge in [0.1, 0.15) is 5.75 Å². The summed E-state index contributed by atoms with van der Waals surface area (Å²) in [6.07, 6.45) is 0. The first-order valence-corrected chi connectivity index (χ1v) is 7.07. The number of Topliss-reactive ketones (excluding diaryl/α,β-unsaturated/α-hetero) is 1. The number of phenols is 1. The SMILES string of the molecule is O=C1N[C@@H](c2ccc(O)cc2)C(C(=O)c2cccs2)=C1O. The number of hydrogen-bond donors (Lipinski definition) is 3. The number of rotatable bonds is 3. The standard InChI is InChI=1S/C15H11NO4S/c17-9-5-3-8(4-6-9)12-11(14(19)15(20)16-12)13(18)10-2-1-7-21-10/h1-7,12,17,19H,(H,16,20)/t12-/m0/s1. The van der Waals surface area contributed by atoms with Crippen molar-refractivity contribution in [2.75, 3.05) is 0 Å². The van der Waals surface area contributed by atoms with Crippen LogP contribution in [0.3, 0.4) is 0 Å². The van der Waals surface area contributed by atoms with E-state index in [1.165, 1.54) is 23.5 Å². The first kappa shape index (κ1) is 13.4. The molecule has 0 saturated carbocycles. The highest BCUT2D eigenvalue weighted by Crippen LogP contribution is 2.33. The molecule has 0 unspecified atom stereocenters. The molecule has 3 rings (SSSR count). The monoisotopic (exact) mass is 301 g/mol. The Morgan fingerprint density at radius 2 is 1.86 bits per heavy atom. The number of benzene rings is 1. The average molecular weight is 301 g/mol. The number of thiophene rings is 1. The first-order chi connectivity index (χ1) is 10.1. The Labute approximate surface area is 124 Å². The summed E-state index contributed by atoms with van der Waals surface area (Å²) in [7, 11) is 0. The molecule has 0 bridgehead atoms. The molecule has 0 saturated heterocycles. The number of carbonyl (C=O) groups is 2. The van der Waals surface area contributed by atoms with Crippen LogP contribution < -0.4 is 5.32 Å². The van der Waals surface area contributed by atoms with Crippen LogP contribution in [0.5, 0.6) is 5.75 Å². The number of nitrogens with one attached hydrogen (secondary N) is 1. The molecular formula is C15H11NO4S. The predicted molar refractivity (Wildman–Crippen MR) is 77.3 cm³/mol. The van der Waals surface area contributed by atoms with Crippen LogP contribution in [-0.4, -0.2) is 21.9 Å². The maximum atomic E-state index is 12.5. The van der Waals surface area contributed by atoms with Gasteiger partial charge in [0.25, 0.3) is 5.91 Å². The summed E-state index contributed by atoms with van der Waals surface area (Å²) in [6.45, 7) is 0. The summed E-state index contributed by atoms with van der Waals surface area (Å²) in [5.41, 5.74) is 0.651. The Morgan fingerprint density at radius 3 is 2.48 bits per heavy atom. The average Bonchev–Trinajstić information content (AvgIpc) is 3.09. The number of carbonyl (C=O) groups excluding carboxylic acids is 2. The molecule has 1 aromatic heterocycles. The van der Waals surface area contributed by atoms with E-state index in [0.29, 0.717) is 10.4 Å². The van der Waals surface area contributed by atoms with Gasteiger partial charge in [-0.25, -0.2) is 0 Å². The van der Waals surface area contributed by atoms with Crippen molar-refractivity contribution in [1.82, 2.24) is 5.32 Å². The van der Waals surface area contributed by atoms with Crippen molar-refractivity contribution < 1.29 is 19.8 Å². The normalized spacial score (nSPS) is 17.9. The Kier molecular flexibility index (Phi) is 3.23. The van der Waals surface area contributed by atoms with Crippen molar-refractivity contribution in [3.05, 3.63) is 63.6 Å². The molecule has 0 aliphatic carbocycles. The molecule has 1 aliphatic heterocycles. The fourth-order valence-corrected chi connectivity index (χ4v) is 2.90. The predicted octanol–water partition coefficient (Wildman–Crippen LogP) is 2.32. The number of phenolic OH excluding ortho intramolecular Hbond substituents is 1. The lowest BCUT2D eigenvalue weighted by atomic mass is 9.96. The molecule has 1 atom stereocenters. The van der Waals surface area contributed by atoms with Crippen LogP contribution in [-0.2, 0) is 4.79 Å². The molecule has 1 aliphatic rings. The van der Waals surface area contributed by atoms with Crippen LogP contribution in [0.15, 0.2) is 53.1 Å². The highest BCUT2D eigenvalue weighted by Gasteiger charge is 2.37. The van der Waals surface area contributed by atoms with Crippen LogP contribution in [0.2, 0.25) is 0 Å². The number of aromatic hydroxyl groups is 1. The molecule has 1 amide bonds. The third-order valence-electron chi connectivity index (χ3n) is 3.25. The molecule has 0 spiro atoms.